The number of hydrogen-bond acceptors (Lipinski definition) is 8. The summed E-state index contributed by atoms with van der Waals surface area (Å²) < 4.78 is 11.7. The molecule has 182 valence electrons. The van der Waals surface area contributed by atoms with E-state index in [1.165, 1.54) is 0 Å². The number of ether oxygens (including phenoxy) is 2. The van der Waals surface area contributed by atoms with Crippen LogP contribution in [-0.4, -0.2) is 41.2 Å². The van der Waals surface area contributed by atoms with Gasteiger partial charge in [-0.2, -0.15) is 0 Å². The Morgan fingerprint density at radius 1 is 1.18 bits per heavy atom. The van der Waals surface area contributed by atoms with Crippen LogP contribution in [0.1, 0.15) is 69.4 Å². The topological polar surface area (TPSA) is 125 Å². The van der Waals surface area contributed by atoms with Crippen molar-refractivity contribution < 1.29 is 14.3 Å². The van der Waals surface area contributed by atoms with E-state index >= 15 is 0 Å². The first-order valence-corrected chi connectivity index (χ1v) is 12.6. The summed E-state index contributed by atoms with van der Waals surface area (Å²) in [6.07, 6.45) is 10.7. The summed E-state index contributed by atoms with van der Waals surface area (Å²) in [4.78, 5) is 21.3. The molecule has 1 spiro atoms. The minimum absolute atomic E-state index is 0.0791. The minimum Gasteiger partial charge on any atom is -0.488 e. The van der Waals surface area contributed by atoms with Gasteiger partial charge in [-0.3, -0.25) is 4.79 Å². The molecule has 1 aromatic heterocycles. The normalized spacial score (nSPS) is 22.6. The van der Waals surface area contributed by atoms with Gasteiger partial charge in [-0.05, 0) is 69.6 Å². The average molecular weight is 466 g/mol. The van der Waals surface area contributed by atoms with Crippen LogP contribution in [-0.2, 0) is 21.4 Å². The summed E-state index contributed by atoms with van der Waals surface area (Å²) in [5.74, 6) is 1.08. The second-order valence-electron chi connectivity index (χ2n) is 9.92. The van der Waals surface area contributed by atoms with Gasteiger partial charge in [-0.25, -0.2) is 9.97 Å². The third-order valence-corrected chi connectivity index (χ3v) is 7.74. The van der Waals surface area contributed by atoms with Gasteiger partial charge >= 0.3 is 5.97 Å². The maximum Gasteiger partial charge on any atom is 0.325 e. The van der Waals surface area contributed by atoms with E-state index in [0.29, 0.717) is 12.4 Å². The van der Waals surface area contributed by atoms with E-state index in [1.807, 2.05) is 13.0 Å². The molecule has 1 aromatic carbocycles. The third kappa shape index (κ3) is 4.19. The molecule has 5 rings (SSSR count). The number of esters is 1. The second kappa shape index (κ2) is 9.41. The number of benzene rings is 1. The number of nitrogens with two attached hydrogens (primary N) is 2. The van der Waals surface area contributed by atoms with E-state index < -0.39 is 0 Å². The number of aromatic nitrogens is 2. The molecule has 3 aliphatic rings. The Morgan fingerprint density at radius 2 is 1.94 bits per heavy atom. The van der Waals surface area contributed by atoms with E-state index in [0.717, 1.165) is 91.6 Å². The lowest BCUT2D eigenvalue weighted by atomic mass is 9.67. The smallest absolute Gasteiger partial charge is 0.325 e. The Hall–Kier alpha value is -2.87. The number of fused-ring (bicyclic) bond motifs is 4. The van der Waals surface area contributed by atoms with Crippen LogP contribution in [0.25, 0.3) is 11.3 Å². The van der Waals surface area contributed by atoms with Crippen molar-refractivity contribution in [2.45, 2.75) is 82.3 Å². The van der Waals surface area contributed by atoms with E-state index in [-0.39, 0.29) is 30.1 Å². The number of nitrogen functional groups attached to an aromatic ring is 1. The van der Waals surface area contributed by atoms with E-state index in [1.54, 1.807) is 6.33 Å². The molecule has 0 saturated heterocycles. The van der Waals surface area contributed by atoms with Crippen molar-refractivity contribution in [1.29, 1.82) is 0 Å². The monoisotopic (exact) mass is 465 g/mol. The number of rotatable bonds is 6. The highest BCUT2D eigenvalue weighted by Gasteiger charge is 2.44. The second-order valence-corrected chi connectivity index (χ2v) is 9.92. The summed E-state index contributed by atoms with van der Waals surface area (Å²) in [6.45, 7) is 2.25. The fraction of sp³-hybridized carbons (Fsp3) is 0.577. The van der Waals surface area contributed by atoms with Crippen molar-refractivity contribution in [3.05, 3.63) is 29.6 Å². The molecular formula is C26H35N5O3. The molecule has 0 amide bonds. The number of nitrogens with one attached hydrogen (secondary N) is 1. The first-order valence-electron chi connectivity index (χ1n) is 12.6. The Morgan fingerprint density at radius 3 is 2.68 bits per heavy atom. The van der Waals surface area contributed by atoms with Gasteiger partial charge in [0.2, 0.25) is 0 Å². The van der Waals surface area contributed by atoms with Crippen LogP contribution in [0.4, 0.5) is 11.5 Å². The van der Waals surface area contributed by atoms with Crippen molar-refractivity contribution in [3.63, 3.8) is 0 Å². The third-order valence-electron chi connectivity index (χ3n) is 7.74. The van der Waals surface area contributed by atoms with Crippen molar-refractivity contribution in [2.24, 2.45) is 5.73 Å². The minimum atomic E-state index is -0.284. The van der Waals surface area contributed by atoms with E-state index in [2.05, 4.69) is 16.4 Å². The Balaban J connectivity index is 1.57. The lowest BCUT2D eigenvalue weighted by Gasteiger charge is -2.38. The molecule has 3 aliphatic carbocycles. The van der Waals surface area contributed by atoms with Crippen molar-refractivity contribution in [3.8, 4) is 17.0 Å². The molecule has 0 bridgehead atoms. The number of nitrogens with zero attached hydrogens (tertiary/aromatic N) is 2. The summed E-state index contributed by atoms with van der Waals surface area (Å²) in [6, 6.07) is 4.34. The van der Waals surface area contributed by atoms with Crippen LogP contribution >= 0.6 is 0 Å². The average Bonchev–Trinajstić information content (AvgIpc) is 3.28. The molecule has 34 heavy (non-hydrogen) atoms. The standard InChI is InChI=1S/C26H35N5O3/c1-2-33-21(32)14-29-23-19-13-26(11-3-4-12-26)22-24(30-15-31-25(22)28)18(19)9-10-20(23)34-17-7-5-16(27)6-8-17/h9-10,15-17,29H,2-8,11-14,27H2,1H3,(H2,28,30,31). The predicted molar refractivity (Wildman–Crippen MR) is 132 cm³/mol. The van der Waals surface area contributed by atoms with Gasteiger partial charge in [0.05, 0.1) is 24.1 Å². The predicted octanol–water partition coefficient (Wildman–Crippen LogP) is 3.72. The maximum atomic E-state index is 12.2. The molecule has 2 saturated carbocycles. The number of carbonyl (C=O) groups excluding carboxylic acids is 1. The molecule has 0 aliphatic heterocycles. The van der Waals surface area contributed by atoms with Crippen LogP contribution in [0.5, 0.6) is 5.75 Å². The Kier molecular flexibility index (Phi) is 6.34. The molecule has 8 nitrogen and oxygen atoms in total. The Labute approximate surface area is 200 Å². The molecule has 1 heterocycles. The van der Waals surface area contributed by atoms with Crippen LogP contribution < -0.4 is 21.5 Å². The van der Waals surface area contributed by atoms with Gasteiger partial charge in [-0.15, -0.1) is 0 Å². The van der Waals surface area contributed by atoms with E-state index in [9.17, 15) is 4.79 Å². The molecular weight excluding hydrogens is 430 g/mol. The highest BCUT2D eigenvalue weighted by Crippen LogP contribution is 2.54. The molecule has 5 N–H and O–H groups in total. The van der Waals surface area contributed by atoms with E-state index in [4.69, 9.17) is 25.9 Å². The highest BCUT2D eigenvalue weighted by atomic mass is 16.5. The van der Waals surface area contributed by atoms with Gasteiger partial charge in [0, 0.05) is 22.6 Å². The quantitative estimate of drug-likeness (QED) is 0.551. The zero-order chi connectivity index (χ0) is 23.7. The molecule has 8 heteroatoms. The first-order chi connectivity index (χ1) is 16.5. The van der Waals surface area contributed by atoms with Gasteiger partial charge < -0.3 is 26.3 Å². The first kappa shape index (κ1) is 22.9. The summed E-state index contributed by atoms with van der Waals surface area (Å²) >= 11 is 0. The van der Waals surface area contributed by atoms with Gasteiger partial charge in [0.15, 0.2) is 0 Å². The Bertz CT molecular complexity index is 1060. The molecule has 0 atom stereocenters. The highest BCUT2D eigenvalue weighted by molar-refractivity contribution is 5.85. The lowest BCUT2D eigenvalue weighted by Crippen LogP contribution is -2.33. The zero-order valence-corrected chi connectivity index (χ0v) is 19.9. The SMILES string of the molecule is CCOC(=O)CNc1c(OC2CCC(N)CC2)ccc2c1CC1(CCCC1)c1c(N)ncnc1-2. The lowest BCUT2D eigenvalue weighted by molar-refractivity contribution is -0.140. The van der Waals surface area contributed by atoms with Crippen LogP contribution in [0.15, 0.2) is 18.5 Å². The number of anilines is 2. The van der Waals surface area contributed by atoms with Gasteiger partial charge in [0.25, 0.3) is 0 Å². The zero-order valence-electron chi connectivity index (χ0n) is 19.9. The molecule has 0 unspecified atom stereocenters. The van der Waals surface area contributed by atoms with Crippen LogP contribution in [0, 0.1) is 0 Å². The largest absolute Gasteiger partial charge is 0.488 e. The van der Waals surface area contributed by atoms with Crippen molar-refractivity contribution >= 4 is 17.5 Å². The van der Waals surface area contributed by atoms with Crippen LogP contribution in [0.3, 0.4) is 0 Å². The van der Waals surface area contributed by atoms with Crippen molar-refractivity contribution in [1.82, 2.24) is 9.97 Å². The fourth-order valence-corrected chi connectivity index (χ4v) is 6.11. The number of carbonyl (C=O) groups is 1. The molecule has 2 aromatic rings. The maximum absolute atomic E-state index is 12.2. The van der Waals surface area contributed by atoms with Gasteiger partial charge in [-0.1, -0.05) is 12.8 Å². The van der Waals surface area contributed by atoms with Crippen LogP contribution in [0.2, 0.25) is 0 Å². The number of hydrogen-bond donors (Lipinski definition) is 3. The molecule has 0 radical (unpaired) electrons. The van der Waals surface area contributed by atoms with Crippen molar-refractivity contribution in [2.75, 3.05) is 24.2 Å². The molecule has 2 fully saturated rings. The summed E-state index contributed by atoms with van der Waals surface area (Å²) in [7, 11) is 0. The fourth-order valence-electron chi connectivity index (χ4n) is 6.11. The summed E-state index contributed by atoms with van der Waals surface area (Å²) in [5.41, 5.74) is 17.5. The summed E-state index contributed by atoms with van der Waals surface area (Å²) in [5, 5.41) is 3.38. The van der Waals surface area contributed by atoms with Gasteiger partial charge in [0.1, 0.15) is 24.4 Å².